The monoisotopic (exact) mass is 528 g/mol. The molecule has 4 aromatic rings. The van der Waals surface area contributed by atoms with Gasteiger partial charge < -0.3 is 19.4 Å². The Morgan fingerprint density at radius 2 is 1.89 bits per heavy atom. The molecule has 8 nitrogen and oxygen atoms in total. The van der Waals surface area contributed by atoms with Crippen LogP contribution in [0, 0.1) is 0 Å². The predicted octanol–water partition coefficient (Wildman–Crippen LogP) is 5.39. The normalized spacial score (nSPS) is 10.7. The van der Waals surface area contributed by atoms with Crippen LogP contribution >= 0.6 is 34.7 Å². The maximum absolute atomic E-state index is 12.7. The van der Waals surface area contributed by atoms with E-state index in [9.17, 15) is 9.59 Å². The molecule has 0 atom stereocenters. The number of anilines is 1. The minimum absolute atomic E-state index is 0.0822. The number of ether oxygens (including phenoxy) is 2. The van der Waals surface area contributed by atoms with Crippen molar-refractivity contribution in [3.05, 3.63) is 64.5 Å². The zero-order valence-corrected chi connectivity index (χ0v) is 21.5. The van der Waals surface area contributed by atoms with Gasteiger partial charge in [-0.3, -0.25) is 4.79 Å². The molecule has 1 N–H and O–H groups in total. The Morgan fingerprint density at radius 3 is 2.60 bits per heavy atom. The number of thioether (sulfide) groups is 1. The van der Waals surface area contributed by atoms with E-state index >= 15 is 0 Å². The first-order chi connectivity index (χ1) is 16.9. The predicted molar refractivity (Wildman–Crippen MR) is 138 cm³/mol. The molecule has 180 valence electrons. The van der Waals surface area contributed by atoms with Gasteiger partial charge >= 0.3 is 5.97 Å². The van der Waals surface area contributed by atoms with Gasteiger partial charge in [0.05, 0.1) is 20.0 Å². The largest absolute Gasteiger partial charge is 0.497 e. The Morgan fingerprint density at radius 1 is 1.11 bits per heavy atom. The number of nitrogens with zero attached hydrogens (tertiary/aromatic N) is 3. The van der Waals surface area contributed by atoms with Crippen molar-refractivity contribution in [2.24, 2.45) is 7.05 Å². The van der Waals surface area contributed by atoms with E-state index in [-0.39, 0.29) is 11.7 Å². The van der Waals surface area contributed by atoms with E-state index < -0.39 is 5.97 Å². The molecule has 0 spiro atoms. The average Bonchev–Trinajstić information content (AvgIpc) is 3.46. The third kappa shape index (κ3) is 5.50. The fourth-order valence-electron chi connectivity index (χ4n) is 3.34. The van der Waals surface area contributed by atoms with Gasteiger partial charge in [0.25, 0.3) is 0 Å². The Hall–Kier alpha value is -3.34. The van der Waals surface area contributed by atoms with E-state index in [1.165, 1.54) is 30.2 Å². The molecular formula is C24H21ClN4O4S2. The number of carbonyl (C=O) groups is 2. The molecule has 11 heteroatoms. The van der Waals surface area contributed by atoms with Gasteiger partial charge in [0, 0.05) is 28.6 Å². The van der Waals surface area contributed by atoms with Gasteiger partial charge in [0.15, 0.2) is 11.0 Å². The third-order valence-electron chi connectivity index (χ3n) is 5.08. The van der Waals surface area contributed by atoms with Crippen molar-refractivity contribution < 1.29 is 19.1 Å². The number of esters is 1. The molecule has 2 aromatic heterocycles. The number of amides is 1. The first-order valence-corrected chi connectivity index (χ1v) is 12.6. The molecule has 4 rings (SSSR count). The molecule has 0 saturated heterocycles. The van der Waals surface area contributed by atoms with E-state index in [4.69, 9.17) is 21.1 Å². The van der Waals surface area contributed by atoms with Crippen LogP contribution in [0.2, 0.25) is 5.02 Å². The van der Waals surface area contributed by atoms with Crippen LogP contribution in [0.15, 0.2) is 59.1 Å². The molecule has 1 amide bonds. The molecular weight excluding hydrogens is 508 g/mol. The van der Waals surface area contributed by atoms with Crippen LogP contribution in [0.3, 0.4) is 0 Å². The van der Waals surface area contributed by atoms with Gasteiger partial charge in [-0.1, -0.05) is 47.6 Å². The van der Waals surface area contributed by atoms with Crippen molar-refractivity contribution in [1.29, 1.82) is 0 Å². The topological polar surface area (TPSA) is 95.3 Å². The van der Waals surface area contributed by atoms with Gasteiger partial charge in [-0.2, -0.15) is 0 Å². The van der Waals surface area contributed by atoms with E-state index in [0.29, 0.717) is 32.1 Å². The first-order valence-electron chi connectivity index (χ1n) is 10.3. The zero-order chi connectivity index (χ0) is 24.9. The lowest BCUT2D eigenvalue weighted by atomic mass is 10.0. The second-order valence-electron chi connectivity index (χ2n) is 7.29. The van der Waals surface area contributed by atoms with Crippen molar-refractivity contribution in [2.45, 2.75) is 5.16 Å². The maximum atomic E-state index is 12.7. The number of halogens is 1. The van der Waals surface area contributed by atoms with E-state index in [0.717, 1.165) is 16.9 Å². The van der Waals surface area contributed by atoms with Crippen LogP contribution in [0.4, 0.5) is 5.00 Å². The van der Waals surface area contributed by atoms with E-state index in [2.05, 4.69) is 15.5 Å². The number of rotatable bonds is 8. The molecule has 0 aliphatic rings. The van der Waals surface area contributed by atoms with Gasteiger partial charge in [-0.25, -0.2) is 4.79 Å². The smallest absolute Gasteiger partial charge is 0.341 e. The van der Waals surface area contributed by atoms with Crippen LogP contribution in [-0.4, -0.2) is 46.6 Å². The number of aromatic nitrogens is 3. The van der Waals surface area contributed by atoms with Crippen molar-refractivity contribution >= 4 is 51.6 Å². The van der Waals surface area contributed by atoms with Crippen molar-refractivity contribution in [2.75, 3.05) is 25.3 Å². The SMILES string of the molecule is COC(=O)c1c(-c2ccc(Cl)cc2)csc1NC(=O)CSc1nnc(-c2cccc(OC)c2)n1C. The summed E-state index contributed by atoms with van der Waals surface area (Å²) < 4.78 is 12.1. The quantitative estimate of drug-likeness (QED) is 0.242. The van der Waals surface area contributed by atoms with Gasteiger partial charge in [0.1, 0.15) is 16.3 Å². The second-order valence-corrected chi connectivity index (χ2v) is 9.54. The van der Waals surface area contributed by atoms with Crippen molar-refractivity contribution in [1.82, 2.24) is 14.8 Å². The molecule has 2 aromatic carbocycles. The molecule has 0 bridgehead atoms. The van der Waals surface area contributed by atoms with Crippen LogP contribution < -0.4 is 10.1 Å². The lowest BCUT2D eigenvalue weighted by molar-refractivity contribution is -0.113. The zero-order valence-electron chi connectivity index (χ0n) is 19.1. The Labute approximate surface area is 215 Å². The maximum Gasteiger partial charge on any atom is 0.341 e. The summed E-state index contributed by atoms with van der Waals surface area (Å²) in [6, 6.07) is 14.6. The summed E-state index contributed by atoms with van der Waals surface area (Å²) in [7, 11) is 4.75. The lowest BCUT2D eigenvalue weighted by Crippen LogP contribution is -2.16. The summed E-state index contributed by atoms with van der Waals surface area (Å²) >= 11 is 8.49. The second kappa shape index (κ2) is 10.9. The molecule has 0 saturated carbocycles. The van der Waals surface area contributed by atoms with Crippen molar-refractivity contribution in [3.63, 3.8) is 0 Å². The number of carbonyl (C=O) groups excluding carboxylic acids is 2. The highest BCUT2D eigenvalue weighted by Crippen LogP contribution is 2.37. The summed E-state index contributed by atoms with van der Waals surface area (Å²) in [5.41, 5.74) is 2.62. The fourth-order valence-corrected chi connectivity index (χ4v) is 5.15. The highest BCUT2D eigenvalue weighted by atomic mass is 35.5. The molecule has 0 aliphatic heterocycles. The standard InChI is InChI=1S/C24H21ClN4O4S2/c1-29-21(15-5-4-6-17(11-15)32-2)27-28-24(29)35-13-19(30)26-22-20(23(31)33-3)18(12-34-22)14-7-9-16(25)10-8-14/h4-12H,13H2,1-3H3,(H,26,30). The fraction of sp³-hybridized carbons (Fsp3) is 0.167. The molecule has 0 unspecified atom stereocenters. The van der Waals surface area contributed by atoms with Crippen molar-refractivity contribution in [3.8, 4) is 28.3 Å². The third-order valence-corrected chi connectivity index (χ3v) is 7.25. The van der Waals surface area contributed by atoms with Gasteiger partial charge in [0.2, 0.25) is 5.91 Å². The lowest BCUT2D eigenvalue weighted by Gasteiger charge is -2.08. The van der Waals surface area contributed by atoms with Gasteiger partial charge in [-0.15, -0.1) is 21.5 Å². The van der Waals surface area contributed by atoms with Crippen LogP contribution in [0.5, 0.6) is 5.75 Å². The number of hydrogen-bond donors (Lipinski definition) is 1. The highest BCUT2D eigenvalue weighted by Gasteiger charge is 2.23. The molecule has 0 aliphatic carbocycles. The number of hydrogen-bond acceptors (Lipinski definition) is 8. The molecule has 35 heavy (non-hydrogen) atoms. The summed E-state index contributed by atoms with van der Waals surface area (Å²) in [4.78, 5) is 25.3. The average molecular weight is 529 g/mol. The molecule has 0 fully saturated rings. The van der Waals surface area contributed by atoms with Gasteiger partial charge in [-0.05, 0) is 29.8 Å². The molecule has 0 radical (unpaired) electrons. The van der Waals surface area contributed by atoms with E-state index in [1.807, 2.05) is 48.0 Å². The number of thiophene rings is 1. The molecule has 2 heterocycles. The summed E-state index contributed by atoms with van der Waals surface area (Å²) in [6.07, 6.45) is 0. The summed E-state index contributed by atoms with van der Waals surface area (Å²) in [5, 5.41) is 14.7. The van der Waals surface area contributed by atoms with E-state index in [1.54, 1.807) is 24.6 Å². The Kier molecular flexibility index (Phi) is 7.74. The number of methoxy groups -OCH3 is 2. The highest BCUT2D eigenvalue weighted by molar-refractivity contribution is 7.99. The Balaban J connectivity index is 1.48. The first kappa shape index (κ1) is 24.8. The number of benzene rings is 2. The van der Waals surface area contributed by atoms with Crippen LogP contribution in [0.1, 0.15) is 10.4 Å². The van der Waals surface area contributed by atoms with Crippen LogP contribution in [0.25, 0.3) is 22.5 Å². The Bertz CT molecular complexity index is 1370. The summed E-state index contributed by atoms with van der Waals surface area (Å²) in [5.74, 6) is 0.643. The minimum Gasteiger partial charge on any atom is -0.497 e. The minimum atomic E-state index is -0.532. The number of nitrogens with one attached hydrogen (secondary N) is 1. The van der Waals surface area contributed by atoms with Crippen LogP contribution in [-0.2, 0) is 16.6 Å². The summed E-state index contributed by atoms with van der Waals surface area (Å²) in [6.45, 7) is 0.